The van der Waals surface area contributed by atoms with Gasteiger partial charge in [0.15, 0.2) is 11.6 Å². The van der Waals surface area contributed by atoms with Crippen LogP contribution in [0.4, 0.5) is 10.1 Å². The number of para-hydroxylation sites is 1. The summed E-state index contributed by atoms with van der Waals surface area (Å²) in [6.07, 6.45) is 0. The molecular formula is C15H15FN2O3. The van der Waals surface area contributed by atoms with Crippen molar-refractivity contribution in [2.75, 3.05) is 7.05 Å². The van der Waals surface area contributed by atoms with Gasteiger partial charge >= 0.3 is 0 Å². The van der Waals surface area contributed by atoms with Crippen LogP contribution in [0.3, 0.4) is 0 Å². The van der Waals surface area contributed by atoms with Crippen molar-refractivity contribution in [2.24, 2.45) is 0 Å². The molecule has 1 unspecified atom stereocenters. The first-order chi connectivity index (χ1) is 10.0. The number of ether oxygens (including phenoxy) is 1. The average molecular weight is 290 g/mol. The van der Waals surface area contributed by atoms with E-state index in [-0.39, 0.29) is 17.5 Å². The number of nitro groups is 1. The minimum atomic E-state index is -0.767. The summed E-state index contributed by atoms with van der Waals surface area (Å²) in [7, 11) is 1.81. The van der Waals surface area contributed by atoms with Crippen molar-refractivity contribution in [1.29, 1.82) is 0 Å². The number of nitrogens with zero attached hydrogens (tertiary/aromatic N) is 1. The molecule has 0 aromatic heterocycles. The Morgan fingerprint density at radius 2 is 1.95 bits per heavy atom. The highest BCUT2D eigenvalue weighted by molar-refractivity contribution is 5.43. The van der Waals surface area contributed by atoms with Crippen LogP contribution in [0.15, 0.2) is 42.5 Å². The van der Waals surface area contributed by atoms with E-state index in [2.05, 4.69) is 5.32 Å². The van der Waals surface area contributed by atoms with Gasteiger partial charge < -0.3 is 10.1 Å². The summed E-state index contributed by atoms with van der Waals surface area (Å²) in [5.74, 6) is -0.306. The number of rotatable bonds is 5. The summed E-state index contributed by atoms with van der Waals surface area (Å²) in [4.78, 5) is 9.95. The highest BCUT2D eigenvalue weighted by Crippen LogP contribution is 2.32. The molecule has 0 spiro atoms. The first-order valence-corrected chi connectivity index (χ1v) is 6.41. The minimum Gasteiger partial charge on any atom is -0.454 e. The quantitative estimate of drug-likeness (QED) is 0.672. The summed E-state index contributed by atoms with van der Waals surface area (Å²) in [6.45, 7) is 1.95. The molecule has 6 heteroatoms. The van der Waals surface area contributed by atoms with Crippen molar-refractivity contribution >= 4 is 5.69 Å². The van der Waals surface area contributed by atoms with Crippen molar-refractivity contribution in [3.63, 3.8) is 0 Å². The number of nitro benzene ring substituents is 1. The lowest BCUT2D eigenvalue weighted by atomic mass is 10.1. The molecule has 0 aliphatic carbocycles. The maximum Gasteiger partial charge on any atom is 0.272 e. The Morgan fingerprint density at radius 3 is 2.57 bits per heavy atom. The Hall–Kier alpha value is -2.47. The first kappa shape index (κ1) is 14.9. The molecule has 5 nitrogen and oxygen atoms in total. The van der Waals surface area contributed by atoms with Crippen LogP contribution in [-0.2, 0) is 0 Å². The van der Waals surface area contributed by atoms with E-state index in [9.17, 15) is 14.5 Å². The van der Waals surface area contributed by atoms with Gasteiger partial charge in [-0.2, -0.15) is 0 Å². The van der Waals surface area contributed by atoms with Crippen LogP contribution in [0.1, 0.15) is 18.5 Å². The molecule has 0 saturated heterocycles. The molecule has 1 N–H and O–H groups in total. The fourth-order valence-electron chi connectivity index (χ4n) is 1.89. The predicted octanol–water partition coefficient (Wildman–Crippen LogP) is 3.81. The molecule has 2 rings (SSSR count). The lowest BCUT2D eigenvalue weighted by Gasteiger charge is -2.16. The van der Waals surface area contributed by atoms with Crippen LogP contribution < -0.4 is 10.1 Å². The fourth-order valence-corrected chi connectivity index (χ4v) is 1.89. The summed E-state index contributed by atoms with van der Waals surface area (Å²) in [5, 5.41) is 13.7. The second-order valence-corrected chi connectivity index (χ2v) is 4.52. The number of non-ortho nitro benzene ring substituents is 1. The highest BCUT2D eigenvalue weighted by atomic mass is 19.1. The molecule has 2 aromatic rings. The average Bonchev–Trinajstić information content (AvgIpc) is 2.49. The zero-order chi connectivity index (χ0) is 15.4. The SMILES string of the molecule is CNC(C)c1ccccc1Oc1ccc([N+](=O)[O-])cc1F. The minimum absolute atomic E-state index is 0.0299. The fraction of sp³-hybridized carbons (Fsp3) is 0.200. The van der Waals surface area contributed by atoms with Gasteiger partial charge in [0, 0.05) is 17.7 Å². The molecule has 0 fully saturated rings. The molecule has 1 atom stereocenters. The predicted molar refractivity (Wildman–Crippen MR) is 77.0 cm³/mol. The van der Waals surface area contributed by atoms with Crippen LogP contribution >= 0.6 is 0 Å². The molecule has 0 radical (unpaired) electrons. The second kappa shape index (κ2) is 6.32. The number of halogens is 1. The van der Waals surface area contributed by atoms with E-state index < -0.39 is 10.7 Å². The number of hydrogen-bond acceptors (Lipinski definition) is 4. The van der Waals surface area contributed by atoms with Crippen molar-refractivity contribution in [3.05, 3.63) is 64.0 Å². The second-order valence-electron chi connectivity index (χ2n) is 4.52. The van der Waals surface area contributed by atoms with Gasteiger partial charge in [0.1, 0.15) is 5.75 Å². The molecule has 21 heavy (non-hydrogen) atoms. The highest BCUT2D eigenvalue weighted by Gasteiger charge is 2.15. The zero-order valence-corrected chi connectivity index (χ0v) is 11.7. The molecule has 0 aliphatic rings. The van der Waals surface area contributed by atoms with Gasteiger partial charge in [-0.15, -0.1) is 0 Å². The molecule has 110 valence electrons. The van der Waals surface area contributed by atoms with Crippen molar-refractivity contribution in [2.45, 2.75) is 13.0 Å². The van der Waals surface area contributed by atoms with Gasteiger partial charge in [0.25, 0.3) is 5.69 Å². The lowest BCUT2D eigenvalue weighted by molar-refractivity contribution is -0.385. The summed E-state index contributed by atoms with van der Waals surface area (Å²) in [6, 6.07) is 10.6. The van der Waals surface area contributed by atoms with Gasteiger partial charge in [-0.3, -0.25) is 10.1 Å². The molecular weight excluding hydrogens is 275 g/mol. The molecule has 0 bridgehead atoms. The molecule has 0 aliphatic heterocycles. The summed E-state index contributed by atoms with van der Waals surface area (Å²) in [5.41, 5.74) is 0.564. The van der Waals surface area contributed by atoms with Crippen LogP contribution in [0.25, 0.3) is 0 Å². The maximum atomic E-state index is 13.9. The van der Waals surface area contributed by atoms with Gasteiger partial charge in [0.05, 0.1) is 11.0 Å². The molecule has 0 amide bonds. The Labute approximate surface area is 121 Å². The zero-order valence-electron chi connectivity index (χ0n) is 11.7. The summed E-state index contributed by atoms with van der Waals surface area (Å²) < 4.78 is 19.4. The normalized spacial score (nSPS) is 12.0. The smallest absolute Gasteiger partial charge is 0.272 e. The third-order valence-electron chi connectivity index (χ3n) is 3.16. The van der Waals surface area contributed by atoms with Gasteiger partial charge in [-0.05, 0) is 26.1 Å². The standard InChI is InChI=1S/C15H15FN2O3/c1-10(17-2)12-5-3-4-6-14(12)21-15-8-7-11(18(19)20)9-13(15)16/h3-10,17H,1-2H3. The van der Waals surface area contributed by atoms with E-state index in [0.29, 0.717) is 5.75 Å². The first-order valence-electron chi connectivity index (χ1n) is 6.41. The third-order valence-corrected chi connectivity index (χ3v) is 3.16. The van der Waals surface area contributed by atoms with E-state index in [1.807, 2.05) is 26.1 Å². The van der Waals surface area contributed by atoms with E-state index in [0.717, 1.165) is 11.6 Å². The number of benzene rings is 2. The lowest BCUT2D eigenvalue weighted by Crippen LogP contribution is -2.13. The van der Waals surface area contributed by atoms with Crippen LogP contribution in [0.5, 0.6) is 11.5 Å². The Kier molecular flexibility index (Phi) is 4.49. The monoisotopic (exact) mass is 290 g/mol. The molecule has 0 saturated carbocycles. The largest absolute Gasteiger partial charge is 0.454 e. The number of nitrogens with one attached hydrogen (secondary N) is 1. The number of hydrogen-bond donors (Lipinski definition) is 1. The van der Waals surface area contributed by atoms with Crippen LogP contribution in [0, 0.1) is 15.9 Å². The summed E-state index contributed by atoms with van der Waals surface area (Å²) >= 11 is 0. The molecule has 2 aromatic carbocycles. The van der Waals surface area contributed by atoms with Crippen LogP contribution in [0.2, 0.25) is 0 Å². The van der Waals surface area contributed by atoms with Gasteiger partial charge in [-0.25, -0.2) is 4.39 Å². The van der Waals surface area contributed by atoms with E-state index >= 15 is 0 Å². The third kappa shape index (κ3) is 3.35. The van der Waals surface area contributed by atoms with E-state index in [1.54, 1.807) is 12.1 Å². The maximum absolute atomic E-state index is 13.9. The molecule has 0 heterocycles. The Morgan fingerprint density at radius 1 is 1.24 bits per heavy atom. The Bertz CT molecular complexity index is 661. The van der Waals surface area contributed by atoms with Gasteiger partial charge in [0.2, 0.25) is 0 Å². The van der Waals surface area contributed by atoms with Crippen molar-refractivity contribution in [1.82, 2.24) is 5.32 Å². The van der Waals surface area contributed by atoms with Gasteiger partial charge in [-0.1, -0.05) is 18.2 Å². The Balaban J connectivity index is 2.33. The van der Waals surface area contributed by atoms with E-state index in [4.69, 9.17) is 4.74 Å². The van der Waals surface area contributed by atoms with Crippen molar-refractivity contribution < 1.29 is 14.1 Å². The van der Waals surface area contributed by atoms with Crippen molar-refractivity contribution in [3.8, 4) is 11.5 Å². The topological polar surface area (TPSA) is 64.4 Å². The van der Waals surface area contributed by atoms with Crippen LogP contribution in [-0.4, -0.2) is 12.0 Å². The van der Waals surface area contributed by atoms with E-state index in [1.165, 1.54) is 12.1 Å².